The first kappa shape index (κ1) is 36.0. The van der Waals surface area contributed by atoms with Gasteiger partial charge in [0.25, 0.3) is 5.91 Å². The number of hydrogen-bond donors (Lipinski definition) is 1. The summed E-state index contributed by atoms with van der Waals surface area (Å²) >= 11 is 6.58. The zero-order valence-corrected chi connectivity index (χ0v) is 32.0. The first-order chi connectivity index (χ1) is 23.8. The average Bonchev–Trinajstić information content (AvgIpc) is 3.94. The number of methoxy groups -OCH3 is 2. The maximum Gasteiger partial charge on any atom is 0.264 e. The van der Waals surface area contributed by atoms with E-state index in [-0.39, 0.29) is 28.8 Å². The fourth-order valence-corrected chi connectivity index (χ4v) is 11.3. The molecule has 1 amide bonds. The summed E-state index contributed by atoms with van der Waals surface area (Å²) in [6, 6.07) is 5.41. The number of rotatable bonds is 5. The molecule has 274 valence electrons. The number of halogens is 1. The van der Waals surface area contributed by atoms with Gasteiger partial charge in [-0.1, -0.05) is 49.2 Å². The van der Waals surface area contributed by atoms with Crippen LogP contribution in [0.4, 0.5) is 5.69 Å². The maximum atomic E-state index is 13.6. The van der Waals surface area contributed by atoms with Crippen LogP contribution in [0.5, 0.6) is 5.75 Å². The summed E-state index contributed by atoms with van der Waals surface area (Å²) in [6.07, 6.45) is 18.6. The minimum Gasteiger partial charge on any atom is -0.491 e. The number of carbonyl (C=O) groups is 1. The van der Waals surface area contributed by atoms with E-state index >= 15 is 0 Å². The van der Waals surface area contributed by atoms with E-state index in [9.17, 15) is 13.2 Å². The van der Waals surface area contributed by atoms with Gasteiger partial charge in [-0.15, -0.1) is 0 Å². The van der Waals surface area contributed by atoms with Gasteiger partial charge in [0, 0.05) is 55.2 Å². The van der Waals surface area contributed by atoms with Gasteiger partial charge in [0.2, 0.25) is 10.0 Å². The second kappa shape index (κ2) is 13.6. The van der Waals surface area contributed by atoms with Crippen LogP contribution in [-0.2, 0) is 19.5 Å². The van der Waals surface area contributed by atoms with Gasteiger partial charge in [0.05, 0.1) is 29.2 Å². The number of sulfonamides is 1. The summed E-state index contributed by atoms with van der Waals surface area (Å²) in [7, 11) is -0.296. The number of allylic oxidation sites excluding steroid dienone is 5. The Morgan fingerprint density at radius 3 is 2.66 bits per heavy atom. The van der Waals surface area contributed by atoms with E-state index in [1.807, 2.05) is 33.3 Å². The Kier molecular flexibility index (Phi) is 9.79. The van der Waals surface area contributed by atoms with E-state index < -0.39 is 26.8 Å². The van der Waals surface area contributed by atoms with Gasteiger partial charge < -0.3 is 19.1 Å². The van der Waals surface area contributed by atoms with Gasteiger partial charge in [-0.05, 0) is 113 Å². The standard InChI is InChI=1S/C40H55ClN2O6S/c1-26-8-6-18-40(48-5,22-36(47-4)28-10-11-28)33-14-12-30(33)23-43-24-39(17-7-9-31-21-32(41)16-19-38(31,39)3)25-49-35-15-13-29(20-34(35)43)37(44)42-50(45,46)27(26)2/h6,13,15-16,18,20-21,26-28,30,33,36H,7-12,14,17,19,22-25H2,1-5H3,(H,42,44)/b18-6+/t26-,27+,30-,33+,36+,38?,39-,40+/m0/s1. The first-order valence-corrected chi connectivity index (χ1v) is 20.7. The predicted octanol–water partition coefficient (Wildman–Crippen LogP) is 7.79. The van der Waals surface area contributed by atoms with E-state index in [2.05, 4.69) is 40.8 Å². The Labute approximate surface area is 304 Å². The third-order valence-electron chi connectivity index (χ3n) is 13.8. The van der Waals surface area contributed by atoms with Crippen molar-refractivity contribution >= 4 is 33.2 Å². The molecule has 2 heterocycles. The van der Waals surface area contributed by atoms with E-state index in [1.165, 1.54) is 18.4 Å². The molecule has 50 heavy (non-hydrogen) atoms. The second-order valence-corrected chi connectivity index (χ2v) is 19.0. The molecule has 0 saturated heterocycles. The number of amides is 1. The topological polar surface area (TPSA) is 94.2 Å². The van der Waals surface area contributed by atoms with Gasteiger partial charge in [-0.2, -0.15) is 0 Å². The number of fused-ring (bicyclic) bond motifs is 4. The van der Waals surface area contributed by atoms with Crippen LogP contribution < -0.4 is 14.4 Å². The fraction of sp³-hybridized carbons (Fsp3) is 0.675. The van der Waals surface area contributed by atoms with Crippen molar-refractivity contribution in [1.82, 2.24) is 4.72 Å². The van der Waals surface area contributed by atoms with Crippen LogP contribution in [0.2, 0.25) is 0 Å². The lowest BCUT2D eigenvalue weighted by molar-refractivity contribution is -0.106. The third-order valence-corrected chi connectivity index (χ3v) is 16.0. The zero-order chi connectivity index (χ0) is 35.5. The molecule has 1 unspecified atom stereocenters. The molecule has 8 atom stereocenters. The molecule has 2 aliphatic heterocycles. The van der Waals surface area contributed by atoms with Crippen LogP contribution in [-0.4, -0.2) is 65.2 Å². The normalized spacial score (nSPS) is 38.2. The predicted molar refractivity (Wildman–Crippen MR) is 198 cm³/mol. The number of nitrogens with zero attached hydrogens (tertiary/aromatic N) is 1. The van der Waals surface area contributed by atoms with Crippen LogP contribution in [0.25, 0.3) is 0 Å². The molecule has 1 spiro atoms. The molecule has 0 radical (unpaired) electrons. The SMILES string of the molecule is CO[C@H](C[C@]1(OC)/C=C/C[C@H](C)[C@@H](C)S(=O)(=O)NC(=O)c2ccc3c(c2)N(C[C@@H]2CC[C@H]21)C[C@@]1(CCCC2=CC(Cl)=CCC21C)CO3)C1CC1. The molecule has 1 N–H and O–H groups in total. The highest BCUT2D eigenvalue weighted by molar-refractivity contribution is 7.90. The summed E-state index contributed by atoms with van der Waals surface area (Å²) in [5.41, 5.74) is 1.70. The molecule has 3 fully saturated rings. The Hall–Kier alpha value is -2.33. The largest absolute Gasteiger partial charge is 0.491 e. The Morgan fingerprint density at radius 1 is 1.16 bits per heavy atom. The van der Waals surface area contributed by atoms with Crippen molar-refractivity contribution in [2.75, 3.05) is 38.8 Å². The molecule has 6 aliphatic rings. The molecule has 3 saturated carbocycles. The van der Waals surface area contributed by atoms with E-state index in [0.717, 1.165) is 74.5 Å². The second-order valence-electron chi connectivity index (χ2n) is 16.5. The molecule has 0 aromatic heterocycles. The number of anilines is 1. The van der Waals surface area contributed by atoms with Crippen LogP contribution in [0, 0.1) is 34.5 Å². The van der Waals surface area contributed by atoms with Crippen LogP contribution in [0.1, 0.15) is 95.3 Å². The summed E-state index contributed by atoms with van der Waals surface area (Å²) in [6.45, 7) is 8.10. The average molecular weight is 727 g/mol. The number of hydrogen-bond acceptors (Lipinski definition) is 7. The van der Waals surface area contributed by atoms with E-state index in [0.29, 0.717) is 30.4 Å². The molecular formula is C40H55ClN2O6S. The molecule has 1 aromatic carbocycles. The van der Waals surface area contributed by atoms with Gasteiger partial charge in [0.1, 0.15) is 5.75 Å². The Balaban J connectivity index is 1.32. The number of benzene rings is 1. The minimum absolute atomic E-state index is 0.107. The number of nitrogens with one attached hydrogen (secondary N) is 1. The highest BCUT2D eigenvalue weighted by Crippen LogP contribution is 2.60. The Morgan fingerprint density at radius 2 is 1.96 bits per heavy atom. The van der Waals surface area contributed by atoms with Crippen molar-refractivity contribution in [3.05, 3.63) is 58.7 Å². The smallest absolute Gasteiger partial charge is 0.264 e. The molecule has 10 heteroatoms. The van der Waals surface area contributed by atoms with Crippen LogP contribution in [0.3, 0.4) is 0 Å². The summed E-state index contributed by atoms with van der Waals surface area (Å²) in [4.78, 5) is 16.1. The van der Waals surface area contributed by atoms with Crippen LogP contribution in [0.15, 0.2) is 53.1 Å². The number of carbonyl (C=O) groups excluding carboxylic acids is 1. The zero-order valence-electron chi connectivity index (χ0n) is 30.4. The van der Waals surface area contributed by atoms with Crippen molar-refractivity contribution in [3.8, 4) is 5.75 Å². The van der Waals surface area contributed by atoms with Crippen molar-refractivity contribution in [2.45, 2.75) is 102 Å². The van der Waals surface area contributed by atoms with Gasteiger partial charge in [-0.3, -0.25) is 4.79 Å². The van der Waals surface area contributed by atoms with Crippen molar-refractivity contribution in [1.29, 1.82) is 0 Å². The maximum absolute atomic E-state index is 13.6. The third kappa shape index (κ3) is 6.36. The minimum atomic E-state index is -3.95. The van der Waals surface area contributed by atoms with Gasteiger partial charge in [-0.25, -0.2) is 13.1 Å². The molecule has 8 nitrogen and oxygen atoms in total. The molecule has 4 aliphatic carbocycles. The summed E-state index contributed by atoms with van der Waals surface area (Å²) in [5.74, 6) is 1.05. The quantitative estimate of drug-likeness (QED) is 0.310. The van der Waals surface area contributed by atoms with Crippen molar-refractivity contribution < 1.29 is 27.4 Å². The number of ether oxygens (including phenoxy) is 3. The highest BCUT2D eigenvalue weighted by Gasteiger charge is 2.56. The van der Waals surface area contributed by atoms with Crippen LogP contribution >= 0.6 is 11.6 Å². The van der Waals surface area contributed by atoms with Crippen molar-refractivity contribution in [2.24, 2.45) is 34.5 Å². The lowest BCUT2D eigenvalue weighted by Gasteiger charge is -2.56. The lowest BCUT2D eigenvalue weighted by Crippen LogP contribution is -2.56. The molecular weight excluding hydrogens is 672 g/mol. The fourth-order valence-electron chi connectivity index (χ4n) is 9.85. The van der Waals surface area contributed by atoms with Gasteiger partial charge >= 0.3 is 0 Å². The van der Waals surface area contributed by atoms with Crippen molar-refractivity contribution in [3.63, 3.8) is 0 Å². The monoisotopic (exact) mass is 726 g/mol. The van der Waals surface area contributed by atoms with E-state index in [1.54, 1.807) is 13.0 Å². The van der Waals surface area contributed by atoms with E-state index in [4.69, 9.17) is 25.8 Å². The Bertz CT molecular complexity index is 1690. The highest BCUT2D eigenvalue weighted by atomic mass is 35.5. The molecule has 1 aromatic rings. The molecule has 2 bridgehead atoms. The van der Waals surface area contributed by atoms with Gasteiger partial charge in [0.15, 0.2) is 0 Å². The first-order valence-electron chi connectivity index (χ1n) is 18.7. The molecule has 7 rings (SSSR count). The lowest BCUT2D eigenvalue weighted by atomic mass is 9.52. The summed E-state index contributed by atoms with van der Waals surface area (Å²) < 4.78 is 49.0. The summed E-state index contributed by atoms with van der Waals surface area (Å²) in [5, 5.41) is 0.0389.